The summed E-state index contributed by atoms with van der Waals surface area (Å²) in [6.45, 7) is 3.69. The van der Waals surface area contributed by atoms with Crippen LogP contribution in [0.1, 0.15) is 30.1 Å². The number of rotatable bonds is 5. The minimum atomic E-state index is -0.483. The minimum Gasteiger partial charge on any atom is -0.381 e. The van der Waals surface area contributed by atoms with Crippen LogP contribution in [0, 0.1) is 10.1 Å². The lowest BCUT2D eigenvalue weighted by Gasteiger charge is -2.23. The standard InChI is InChI=1S/C14H19N3O4/c1-2-15-12-4-3-10(9-13(12)17(19)20)14(18)16-11-5-7-21-8-6-11/h3-4,9,11,15H,2,5-8H2,1H3,(H,16,18). The van der Waals surface area contributed by atoms with Crippen LogP contribution in [0.3, 0.4) is 0 Å². The van der Waals surface area contributed by atoms with Crippen LogP contribution < -0.4 is 10.6 Å². The van der Waals surface area contributed by atoms with Gasteiger partial charge in [0.15, 0.2) is 0 Å². The summed E-state index contributed by atoms with van der Waals surface area (Å²) >= 11 is 0. The molecule has 2 N–H and O–H groups in total. The van der Waals surface area contributed by atoms with Crippen LogP contribution in [0.2, 0.25) is 0 Å². The SMILES string of the molecule is CCNc1ccc(C(=O)NC2CCOCC2)cc1[N+](=O)[O-]. The van der Waals surface area contributed by atoms with Crippen molar-refractivity contribution in [2.45, 2.75) is 25.8 Å². The zero-order valence-corrected chi connectivity index (χ0v) is 11.9. The minimum absolute atomic E-state index is 0.0683. The molecular weight excluding hydrogens is 274 g/mol. The summed E-state index contributed by atoms with van der Waals surface area (Å²) in [6.07, 6.45) is 1.53. The number of nitro benzene ring substituents is 1. The number of amides is 1. The average molecular weight is 293 g/mol. The number of nitrogens with one attached hydrogen (secondary N) is 2. The van der Waals surface area contributed by atoms with E-state index in [1.165, 1.54) is 6.07 Å². The van der Waals surface area contributed by atoms with E-state index in [2.05, 4.69) is 10.6 Å². The van der Waals surface area contributed by atoms with E-state index >= 15 is 0 Å². The lowest BCUT2D eigenvalue weighted by molar-refractivity contribution is -0.384. The maximum absolute atomic E-state index is 12.2. The van der Waals surface area contributed by atoms with E-state index in [9.17, 15) is 14.9 Å². The lowest BCUT2D eigenvalue weighted by atomic mass is 10.1. The highest BCUT2D eigenvalue weighted by Crippen LogP contribution is 2.25. The highest BCUT2D eigenvalue weighted by atomic mass is 16.6. The van der Waals surface area contributed by atoms with Gasteiger partial charge < -0.3 is 15.4 Å². The molecule has 1 amide bonds. The molecule has 1 aliphatic heterocycles. The van der Waals surface area contributed by atoms with Crippen LogP contribution in [0.25, 0.3) is 0 Å². The van der Waals surface area contributed by atoms with Gasteiger partial charge in [-0.25, -0.2) is 0 Å². The molecule has 1 saturated heterocycles. The van der Waals surface area contributed by atoms with Gasteiger partial charge in [0, 0.05) is 37.4 Å². The van der Waals surface area contributed by atoms with Crippen LogP contribution in [0.4, 0.5) is 11.4 Å². The van der Waals surface area contributed by atoms with Crippen LogP contribution in [-0.2, 0) is 4.74 Å². The number of nitro groups is 1. The molecule has 2 rings (SSSR count). The molecule has 0 radical (unpaired) electrons. The molecule has 0 unspecified atom stereocenters. The van der Waals surface area contributed by atoms with Gasteiger partial charge in [0.05, 0.1) is 4.92 Å². The summed E-state index contributed by atoms with van der Waals surface area (Å²) < 4.78 is 5.23. The van der Waals surface area contributed by atoms with Crippen LogP contribution in [0.15, 0.2) is 18.2 Å². The zero-order chi connectivity index (χ0) is 15.2. The maximum atomic E-state index is 12.2. The van der Waals surface area contributed by atoms with Gasteiger partial charge >= 0.3 is 0 Å². The number of hydrogen-bond acceptors (Lipinski definition) is 5. The Morgan fingerprint density at radius 1 is 1.43 bits per heavy atom. The van der Waals surface area contributed by atoms with E-state index in [0.29, 0.717) is 31.0 Å². The number of anilines is 1. The average Bonchev–Trinajstić information content (AvgIpc) is 2.48. The summed E-state index contributed by atoms with van der Waals surface area (Å²) in [6, 6.07) is 4.55. The Kier molecular flexibility index (Phi) is 5.10. The number of hydrogen-bond donors (Lipinski definition) is 2. The number of carbonyl (C=O) groups is 1. The molecule has 1 aromatic carbocycles. The third-order valence-electron chi connectivity index (χ3n) is 3.38. The summed E-state index contributed by atoms with van der Waals surface area (Å²) in [5.41, 5.74) is 0.636. The number of ether oxygens (including phenoxy) is 1. The summed E-state index contributed by atoms with van der Waals surface area (Å²) in [5.74, 6) is -0.284. The second-order valence-corrected chi connectivity index (χ2v) is 4.88. The van der Waals surface area contributed by atoms with Crippen molar-refractivity contribution in [1.29, 1.82) is 0 Å². The van der Waals surface area contributed by atoms with Crippen LogP contribution in [-0.4, -0.2) is 36.6 Å². The molecule has 0 saturated carbocycles. The number of carbonyl (C=O) groups excluding carboxylic acids is 1. The Morgan fingerprint density at radius 3 is 2.76 bits per heavy atom. The maximum Gasteiger partial charge on any atom is 0.293 e. The molecule has 1 fully saturated rings. The van der Waals surface area contributed by atoms with Crippen LogP contribution in [0.5, 0.6) is 0 Å². The molecule has 1 heterocycles. The van der Waals surface area contributed by atoms with Crippen molar-refractivity contribution in [3.05, 3.63) is 33.9 Å². The smallest absolute Gasteiger partial charge is 0.293 e. The van der Waals surface area contributed by atoms with Gasteiger partial charge in [-0.1, -0.05) is 0 Å². The van der Waals surface area contributed by atoms with Gasteiger partial charge in [0.25, 0.3) is 11.6 Å². The van der Waals surface area contributed by atoms with Crippen molar-refractivity contribution in [1.82, 2.24) is 5.32 Å². The first-order valence-corrected chi connectivity index (χ1v) is 7.02. The van der Waals surface area contributed by atoms with E-state index in [4.69, 9.17) is 4.74 Å². The third-order valence-corrected chi connectivity index (χ3v) is 3.38. The predicted octanol–water partition coefficient (Wildman–Crippen LogP) is 1.94. The molecule has 1 aromatic rings. The Balaban J connectivity index is 2.13. The second kappa shape index (κ2) is 7.03. The van der Waals surface area contributed by atoms with Gasteiger partial charge in [-0.3, -0.25) is 14.9 Å². The Hall–Kier alpha value is -2.15. The van der Waals surface area contributed by atoms with E-state index in [0.717, 1.165) is 12.8 Å². The van der Waals surface area contributed by atoms with E-state index in [-0.39, 0.29) is 17.6 Å². The fourth-order valence-electron chi connectivity index (χ4n) is 2.27. The highest BCUT2D eigenvalue weighted by molar-refractivity contribution is 5.95. The van der Waals surface area contributed by atoms with Gasteiger partial charge in [0.2, 0.25) is 0 Å². The molecule has 0 bridgehead atoms. The molecule has 1 aliphatic rings. The van der Waals surface area contributed by atoms with Gasteiger partial charge in [-0.2, -0.15) is 0 Å². The van der Waals surface area contributed by atoms with E-state index in [1.54, 1.807) is 12.1 Å². The first-order valence-electron chi connectivity index (χ1n) is 7.02. The molecule has 114 valence electrons. The predicted molar refractivity (Wildman–Crippen MR) is 78.6 cm³/mol. The van der Waals surface area contributed by atoms with Crippen molar-refractivity contribution in [2.75, 3.05) is 25.1 Å². The molecule has 21 heavy (non-hydrogen) atoms. The molecule has 7 heteroatoms. The quantitative estimate of drug-likeness (QED) is 0.639. The van der Waals surface area contributed by atoms with E-state index in [1.807, 2.05) is 6.92 Å². The topological polar surface area (TPSA) is 93.5 Å². The van der Waals surface area contributed by atoms with Crippen molar-refractivity contribution in [3.8, 4) is 0 Å². The lowest BCUT2D eigenvalue weighted by Crippen LogP contribution is -2.38. The Labute approximate surface area is 122 Å². The van der Waals surface area contributed by atoms with Crippen molar-refractivity contribution >= 4 is 17.3 Å². The first kappa shape index (κ1) is 15.2. The number of nitrogens with zero attached hydrogens (tertiary/aromatic N) is 1. The Bertz CT molecular complexity index is 527. The second-order valence-electron chi connectivity index (χ2n) is 4.88. The fraction of sp³-hybridized carbons (Fsp3) is 0.500. The summed E-state index contributed by atoms with van der Waals surface area (Å²) in [5, 5.41) is 16.9. The van der Waals surface area contributed by atoms with Crippen molar-refractivity contribution in [2.24, 2.45) is 0 Å². The van der Waals surface area contributed by atoms with Gasteiger partial charge in [-0.05, 0) is 31.9 Å². The molecular formula is C14H19N3O4. The van der Waals surface area contributed by atoms with Crippen molar-refractivity contribution < 1.29 is 14.5 Å². The molecule has 0 aliphatic carbocycles. The largest absolute Gasteiger partial charge is 0.381 e. The summed E-state index contributed by atoms with van der Waals surface area (Å²) in [7, 11) is 0. The summed E-state index contributed by atoms with van der Waals surface area (Å²) in [4.78, 5) is 22.8. The normalized spacial score (nSPS) is 15.5. The molecule has 0 spiro atoms. The Morgan fingerprint density at radius 2 is 2.14 bits per heavy atom. The molecule has 0 atom stereocenters. The third kappa shape index (κ3) is 3.91. The number of benzene rings is 1. The van der Waals surface area contributed by atoms with Crippen LogP contribution >= 0.6 is 0 Å². The van der Waals surface area contributed by atoms with Gasteiger partial charge in [-0.15, -0.1) is 0 Å². The van der Waals surface area contributed by atoms with E-state index < -0.39 is 4.92 Å². The molecule has 0 aromatic heterocycles. The highest BCUT2D eigenvalue weighted by Gasteiger charge is 2.20. The zero-order valence-electron chi connectivity index (χ0n) is 11.9. The van der Waals surface area contributed by atoms with Gasteiger partial charge in [0.1, 0.15) is 5.69 Å². The first-order chi connectivity index (χ1) is 10.1. The molecule has 7 nitrogen and oxygen atoms in total. The monoisotopic (exact) mass is 293 g/mol. The van der Waals surface area contributed by atoms with Crippen molar-refractivity contribution in [3.63, 3.8) is 0 Å². The fourth-order valence-corrected chi connectivity index (χ4v) is 2.27.